The second kappa shape index (κ2) is 6.99. The lowest BCUT2D eigenvalue weighted by atomic mass is 9.75. The van der Waals surface area contributed by atoms with Crippen LogP contribution in [0.25, 0.3) is 5.57 Å². The number of anilines is 1. The number of benzene rings is 3. The van der Waals surface area contributed by atoms with E-state index in [4.69, 9.17) is 0 Å². The summed E-state index contributed by atoms with van der Waals surface area (Å²) in [6.07, 6.45) is 0. The van der Waals surface area contributed by atoms with Crippen molar-refractivity contribution in [1.82, 2.24) is 4.90 Å². The molecule has 0 saturated carbocycles. The van der Waals surface area contributed by atoms with Crippen molar-refractivity contribution in [3.8, 4) is 0 Å². The first-order chi connectivity index (χ1) is 15.4. The van der Waals surface area contributed by atoms with Gasteiger partial charge in [0.05, 0.1) is 12.2 Å². The van der Waals surface area contributed by atoms with Crippen molar-refractivity contribution < 1.29 is 18.8 Å². The minimum atomic E-state index is -1.67. The number of rotatable bonds is 2. The Morgan fingerprint density at radius 1 is 0.969 bits per heavy atom. The Hall–Kier alpha value is -4.06. The van der Waals surface area contributed by atoms with Gasteiger partial charge in [-0.1, -0.05) is 55.1 Å². The molecule has 1 spiro atoms. The summed E-state index contributed by atoms with van der Waals surface area (Å²) in [6.45, 7) is 5.53. The first-order valence-electron chi connectivity index (χ1n) is 10.2. The normalized spacial score (nSPS) is 19.4. The number of halogens is 1. The van der Waals surface area contributed by atoms with Crippen LogP contribution >= 0.6 is 0 Å². The fourth-order valence-electron chi connectivity index (χ4n) is 4.81. The van der Waals surface area contributed by atoms with Crippen molar-refractivity contribution in [3.63, 3.8) is 0 Å². The van der Waals surface area contributed by atoms with E-state index < -0.39 is 29.1 Å². The van der Waals surface area contributed by atoms with Crippen LogP contribution in [0.5, 0.6) is 0 Å². The molecule has 2 aliphatic heterocycles. The van der Waals surface area contributed by atoms with Gasteiger partial charge in [0.15, 0.2) is 5.54 Å². The standard InChI is InChI=1S/C26H19FN2O3/c1-16-21-14-19(27)12-13-23(21)29(17(2)30)26(16)22-11-7-6-10-20(22)24(31)28(25(26)32)15-18-8-4-3-5-9-18/h3-14H,1,15H2,2H3. The highest BCUT2D eigenvalue weighted by atomic mass is 19.1. The summed E-state index contributed by atoms with van der Waals surface area (Å²) in [4.78, 5) is 43.0. The third kappa shape index (κ3) is 2.52. The van der Waals surface area contributed by atoms with E-state index >= 15 is 0 Å². The molecule has 1 atom stereocenters. The van der Waals surface area contributed by atoms with Gasteiger partial charge in [0.1, 0.15) is 5.82 Å². The van der Waals surface area contributed by atoms with E-state index in [1.807, 2.05) is 30.3 Å². The van der Waals surface area contributed by atoms with E-state index in [2.05, 4.69) is 6.58 Å². The highest BCUT2D eigenvalue weighted by molar-refractivity contribution is 6.24. The SMILES string of the molecule is C=C1c2cc(F)ccc2N(C(C)=O)C12C(=O)N(Cc1ccccc1)C(=O)c1ccccc12. The lowest BCUT2D eigenvalue weighted by Gasteiger charge is -2.45. The number of hydrogen-bond donors (Lipinski definition) is 0. The molecule has 32 heavy (non-hydrogen) atoms. The Bertz CT molecular complexity index is 1320. The minimum Gasteiger partial charge on any atom is -0.288 e. The van der Waals surface area contributed by atoms with Crippen LogP contribution in [0.15, 0.2) is 79.4 Å². The average Bonchev–Trinajstić information content (AvgIpc) is 3.05. The van der Waals surface area contributed by atoms with Crippen LogP contribution < -0.4 is 4.90 Å². The molecule has 5 nitrogen and oxygen atoms in total. The molecule has 5 rings (SSSR count). The van der Waals surface area contributed by atoms with Gasteiger partial charge in [0, 0.05) is 23.6 Å². The summed E-state index contributed by atoms with van der Waals surface area (Å²) >= 11 is 0. The second-order valence-corrected chi connectivity index (χ2v) is 7.93. The Labute approximate surface area is 184 Å². The van der Waals surface area contributed by atoms with E-state index in [1.165, 1.54) is 30.0 Å². The summed E-state index contributed by atoms with van der Waals surface area (Å²) in [7, 11) is 0. The number of carbonyl (C=O) groups is 3. The zero-order valence-corrected chi connectivity index (χ0v) is 17.3. The summed E-state index contributed by atoms with van der Waals surface area (Å²) in [5.74, 6) is -1.94. The monoisotopic (exact) mass is 426 g/mol. The Balaban J connectivity index is 1.79. The molecule has 6 heteroatoms. The van der Waals surface area contributed by atoms with Gasteiger partial charge in [-0.3, -0.25) is 24.2 Å². The highest BCUT2D eigenvalue weighted by Gasteiger charge is 2.61. The molecule has 3 aromatic carbocycles. The molecule has 0 radical (unpaired) electrons. The molecule has 2 heterocycles. The van der Waals surface area contributed by atoms with Crippen molar-refractivity contribution in [2.45, 2.75) is 19.0 Å². The largest absolute Gasteiger partial charge is 0.288 e. The first-order valence-corrected chi connectivity index (χ1v) is 10.2. The van der Waals surface area contributed by atoms with E-state index in [0.29, 0.717) is 22.4 Å². The van der Waals surface area contributed by atoms with Crippen LogP contribution in [0, 0.1) is 5.82 Å². The van der Waals surface area contributed by atoms with Crippen molar-refractivity contribution in [1.29, 1.82) is 0 Å². The van der Waals surface area contributed by atoms with Crippen LogP contribution in [-0.4, -0.2) is 22.6 Å². The van der Waals surface area contributed by atoms with Crippen molar-refractivity contribution in [2.75, 3.05) is 4.90 Å². The van der Waals surface area contributed by atoms with Gasteiger partial charge in [0.25, 0.3) is 11.8 Å². The number of imide groups is 1. The Kier molecular flexibility index (Phi) is 4.34. The number of nitrogens with zero attached hydrogens (tertiary/aromatic N) is 2. The lowest BCUT2D eigenvalue weighted by Crippen LogP contribution is -2.61. The molecule has 0 aliphatic carbocycles. The number of carbonyl (C=O) groups excluding carboxylic acids is 3. The third-order valence-electron chi connectivity index (χ3n) is 6.14. The molecule has 158 valence electrons. The maximum atomic E-state index is 14.2. The maximum Gasteiger partial charge on any atom is 0.265 e. The first kappa shape index (κ1) is 19.9. The van der Waals surface area contributed by atoms with Gasteiger partial charge in [0.2, 0.25) is 5.91 Å². The predicted molar refractivity (Wildman–Crippen MR) is 118 cm³/mol. The van der Waals surface area contributed by atoms with Crippen LogP contribution in [0.3, 0.4) is 0 Å². The van der Waals surface area contributed by atoms with E-state index in [1.54, 1.807) is 24.3 Å². The number of amides is 3. The van der Waals surface area contributed by atoms with Gasteiger partial charge in [-0.2, -0.15) is 0 Å². The fraction of sp³-hybridized carbons (Fsp3) is 0.115. The molecule has 1 unspecified atom stereocenters. The lowest BCUT2D eigenvalue weighted by molar-refractivity contribution is -0.135. The fourth-order valence-corrected chi connectivity index (χ4v) is 4.81. The van der Waals surface area contributed by atoms with Gasteiger partial charge >= 0.3 is 0 Å². The smallest absolute Gasteiger partial charge is 0.265 e. The van der Waals surface area contributed by atoms with Crippen LogP contribution in [0.4, 0.5) is 10.1 Å². The molecule has 3 aromatic rings. The van der Waals surface area contributed by atoms with E-state index in [-0.39, 0.29) is 12.1 Å². The zero-order valence-electron chi connectivity index (χ0n) is 17.3. The van der Waals surface area contributed by atoms with Gasteiger partial charge in [-0.15, -0.1) is 0 Å². The summed E-state index contributed by atoms with van der Waals surface area (Å²) in [5, 5.41) is 0. The molecule has 2 aliphatic rings. The molecular formula is C26H19FN2O3. The van der Waals surface area contributed by atoms with Crippen LogP contribution in [-0.2, 0) is 21.7 Å². The Morgan fingerprint density at radius 2 is 1.66 bits per heavy atom. The molecule has 0 aromatic heterocycles. The Morgan fingerprint density at radius 3 is 2.38 bits per heavy atom. The van der Waals surface area contributed by atoms with Crippen LogP contribution in [0.2, 0.25) is 0 Å². The predicted octanol–water partition coefficient (Wildman–Crippen LogP) is 4.28. The summed E-state index contributed by atoms with van der Waals surface area (Å²) in [6, 6.07) is 19.9. The summed E-state index contributed by atoms with van der Waals surface area (Å²) < 4.78 is 14.1. The molecule has 0 saturated heterocycles. The summed E-state index contributed by atoms with van der Waals surface area (Å²) in [5.41, 5.74) is 0.815. The molecule has 3 amide bonds. The van der Waals surface area contributed by atoms with Crippen molar-refractivity contribution in [3.05, 3.63) is 107 Å². The quantitative estimate of drug-likeness (QED) is 0.575. The average molecular weight is 426 g/mol. The van der Waals surface area contributed by atoms with E-state index in [0.717, 1.165) is 10.5 Å². The van der Waals surface area contributed by atoms with Crippen molar-refractivity contribution in [2.24, 2.45) is 0 Å². The number of hydrogen-bond acceptors (Lipinski definition) is 3. The molecule has 0 fully saturated rings. The molecule has 0 bridgehead atoms. The molecular weight excluding hydrogens is 407 g/mol. The van der Waals surface area contributed by atoms with Gasteiger partial charge < -0.3 is 0 Å². The number of fused-ring (bicyclic) bond motifs is 3. The highest BCUT2D eigenvalue weighted by Crippen LogP contribution is 2.55. The zero-order chi connectivity index (χ0) is 22.6. The molecule has 0 N–H and O–H groups in total. The topological polar surface area (TPSA) is 57.7 Å². The third-order valence-corrected chi connectivity index (χ3v) is 6.14. The van der Waals surface area contributed by atoms with Gasteiger partial charge in [-0.05, 0) is 35.4 Å². The van der Waals surface area contributed by atoms with Crippen molar-refractivity contribution >= 4 is 29.0 Å². The van der Waals surface area contributed by atoms with Crippen LogP contribution in [0.1, 0.15) is 34.0 Å². The van der Waals surface area contributed by atoms with Gasteiger partial charge in [-0.25, -0.2) is 4.39 Å². The van der Waals surface area contributed by atoms with E-state index in [9.17, 15) is 18.8 Å². The maximum absolute atomic E-state index is 14.2. The minimum absolute atomic E-state index is 0.0400. The second-order valence-electron chi connectivity index (χ2n) is 7.93.